The molecule has 0 spiro atoms. The molecule has 76 valence electrons. The fourth-order valence-electron chi connectivity index (χ4n) is 2.59. The second-order valence-electron chi connectivity index (χ2n) is 5.03. The van der Waals surface area contributed by atoms with E-state index in [-0.39, 0.29) is 5.60 Å². The highest BCUT2D eigenvalue weighted by molar-refractivity contribution is 4.90. The summed E-state index contributed by atoms with van der Waals surface area (Å²) in [7, 11) is 2.19. The lowest BCUT2D eigenvalue weighted by molar-refractivity contribution is -0.0578. The molecule has 0 unspecified atom stereocenters. The summed E-state index contributed by atoms with van der Waals surface area (Å²) in [5, 5.41) is 10.0. The number of rotatable bonds is 2. The van der Waals surface area contributed by atoms with Crippen LogP contribution < -0.4 is 0 Å². The van der Waals surface area contributed by atoms with Gasteiger partial charge in [-0.2, -0.15) is 0 Å². The quantitative estimate of drug-likeness (QED) is 0.703. The van der Waals surface area contributed by atoms with Crippen LogP contribution in [0.2, 0.25) is 0 Å². The van der Waals surface area contributed by atoms with Crippen LogP contribution in [-0.2, 0) is 0 Å². The van der Waals surface area contributed by atoms with Gasteiger partial charge in [0, 0.05) is 0 Å². The normalized spacial score (nSPS) is 30.0. The average Bonchev–Trinajstić information content (AvgIpc) is 2.06. The number of nitrogens with zero attached hydrogens (tertiary/aromatic N) is 1. The van der Waals surface area contributed by atoms with Gasteiger partial charge in [0.1, 0.15) is 0 Å². The molecule has 2 heteroatoms. The fourth-order valence-corrected chi connectivity index (χ4v) is 2.59. The average molecular weight is 183 g/mol. The molecule has 1 N–H and O–H groups in total. The van der Waals surface area contributed by atoms with Crippen molar-refractivity contribution < 1.29 is 5.11 Å². The molecule has 0 aromatic rings. The zero-order chi connectivity index (χ0) is 9.31. The lowest BCUT2D eigenvalue weighted by atomic mass is 9.72. The molecule has 0 aromatic carbocycles. The number of hydrogen-bond donors (Lipinski definition) is 1. The van der Waals surface area contributed by atoms with Gasteiger partial charge in [-0.15, -0.1) is 0 Å². The largest absolute Gasteiger partial charge is 0.390 e. The molecular formula is C11H21NO. The second kappa shape index (κ2) is 3.58. The summed E-state index contributed by atoms with van der Waals surface area (Å²) in [5.74, 6) is 0.793. The van der Waals surface area contributed by atoms with Crippen molar-refractivity contribution in [3.8, 4) is 0 Å². The van der Waals surface area contributed by atoms with E-state index in [0.717, 1.165) is 25.2 Å². The molecule has 13 heavy (non-hydrogen) atoms. The molecule has 2 aliphatic rings. The third kappa shape index (κ3) is 2.23. The first kappa shape index (κ1) is 9.47. The molecule has 2 rings (SSSR count). The Kier molecular flexibility index (Phi) is 2.61. The minimum absolute atomic E-state index is 0.249. The molecule has 1 saturated carbocycles. The van der Waals surface area contributed by atoms with Crippen LogP contribution in [0, 0.1) is 5.92 Å². The van der Waals surface area contributed by atoms with Crippen molar-refractivity contribution in [1.29, 1.82) is 0 Å². The van der Waals surface area contributed by atoms with Gasteiger partial charge in [-0.1, -0.05) is 0 Å². The first-order chi connectivity index (χ1) is 6.18. The number of likely N-dealkylation sites (tertiary alicyclic amines) is 1. The summed E-state index contributed by atoms with van der Waals surface area (Å²) in [5.41, 5.74) is -0.249. The Morgan fingerprint density at radius 1 is 1.31 bits per heavy atom. The van der Waals surface area contributed by atoms with E-state index in [2.05, 4.69) is 11.9 Å². The van der Waals surface area contributed by atoms with Gasteiger partial charge in [0.15, 0.2) is 0 Å². The summed E-state index contributed by atoms with van der Waals surface area (Å²) in [6.45, 7) is 2.45. The molecule has 0 aromatic heterocycles. The molecule has 1 aliphatic carbocycles. The standard InChI is InChI=1S/C11H21NO/c1-12-7-3-10(4-8-12)9-11(13)5-2-6-11/h10,13H,2-9H2,1H3. The maximum atomic E-state index is 10.0. The molecular weight excluding hydrogens is 162 g/mol. The van der Waals surface area contributed by atoms with E-state index < -0.39 is 0 Å². The van der Waals surface area contributed by atoms with Crippen molar-refractivity contribution in [3.63, 3.8) is 0 Å². The Labute approximate surface area is 80.9 Å². The van der Waals surface area contributed by atoms with Crippen LogP contribution in [0.25, 0.3) is 0 Å². The summed E-state index contributed by atoms with van der Waals surface area (Å²) in [6.07, 6.45) is 7.00. The zero-order valence-electron chi connectivity index (χ0n) is 8.63. The number of hydrogen-bond acceptors (Lipinski definition) is 2. The maximum Gasteiger partial charge on any atom is 0.0650 e. The minimum Gasteiger partial charge on any atom is -0.390 e. The van der Waals surface area contributed by atoms with Gasteiger partial charge in [0.2, 0.25) is 0 Å². The Hall–Kier alpha value is -0.0800. The summed E-state index contributed by atoms with van der Waals surface area (Å²) < 4.78 is 0. The Bertz CT molecular complexity index is 169. The highest BCUT2D eigenvalue weighted by Crippen LogP contribution is 2.39. The lowest BCUT2D eigenvalue weighted by Crippen LogP contribution is -2.41. The predicted molar refractivity (Wildman–Crippen MR) is 53.6 cm³/mol. The van der Waals surface area contributed by atoms with E-state index in [9.17, 15) is 5.11 Å². The zero-order valence-corrected chi connectivity index (χ0v) is 8.63. The predicted octanol–water partition coefficient (Wildman–Crippen LogP) is 1.63. The Morgan fingerprint density at radius 3 is 2.38 bits per heavy atom. The fraction of sp³-hybridized carbons (Fsp3) is 1.00. The third-order valence-corrected chi connectivity index (χ3v) is 3.79. The Morgan fingerprint density at radius 2 is 1.92 bits per heavy atom. The van der Waals surface area contributed by atoms with Gasteiger partial charge < -0.3 is 10.0 Å². The van der Waals surface area contributed by atoms with Crippen LogP contribution in [0.15, 0.2) is 0 Å². The molecule has 1 heterocycles. The second-order valence-corrected chi connectivity index (χ2v) is 5.03. The van der Waals surface area contributed by atoms with Crippen molar-refractivity contribution in [2.24, 2.45) is 5.92 Å². The molecule has 1 saturated heterocycles. The highest BCUT2D eigenvalue weighted by atomic mass is 16.3. The van der Waals surface area contributed by atoms with Crippen molar-refractivity contribution in [1.82, 2.24) is 4.90 Å². The summed E-state index contributed by atoms with van der Waals surface area (Å²) >= 11 is 0. The van der Waals surface area contributed by atoms with Gasteiger partial charge in [0.25, 0.3) is 0 Å². The van der Waals surface area contributed by atoms with E-state index in [0.29, 0.717) is 0 Å². The van der Waals surface area contributed by atoms with Crippen LogP contribution >= 0.6 is 0 Å². The first-order valence-corrected chi connectivity index (χ1v) is 5.59. The molecule has 0 bridgehead atoms. The molecule has 2 nitrogen and oxygen atoms in total. The van der Waals surface area contributed by atoms with Gasteiger partial charge in [-0.05, 0) is 64.6 Å². The van der Waals surface area contributed by atoms with Crippen molar-refractivity contribution in [2.45, 2.75) is 44.1 Å². The number of aliphatic hydroxyl groups is 1. The Balaban J connectivity index is 1.76. The highest BCUT2D eigenvalue weighted by Gasteiger charge is 2.36. The van der Waals surface area contributed by atoms with Crippen molar-refractivity contribution in [2.75, 3.05) is 20.1 Å². The van der Waals surface area contributed by atoms with Gasteiger partial charge >= 0.3 is 0 Å². The molecule has 2 fully saturated rings. The topological polar surface area (TPSA) is 23.5 Å². The molecule has 1 aliphatic heterocycles. The first-order valence-electron chi connectivity index (χ1n) is 5.59. The van der Waals surface area contributed by atoms with Gasteiger partial charge in [0.05, 0.1) is 5.60 Å². The van der Waals surface area contributed by atoms with E-state index in [4.69, 9.17) is 0 Å². The van der Waals surface area contributed by atoms with Crippen molar-refractivity contribution in [3.05, 3.63) is 0 Å². The smallest absolute Gasteiger partial charge is 0.0650 e. The van der Waals surface area contributed by atoms with Crippen LogP contribution in [0.5, 0.6) is 0 Å². The summed E-state index contributed by atoms with van der Waals surface area (Å²) in [4.78, 5) is 2.39. The van der Waals surface area contributed by atoms with Crippen LogP contribution in [0.4, 0.5) is 0 Å². The third-order valence-electron chi connectivity index (χ3n) is 3.79. The SMILES string of the molecule is CN1CCC(CC2(O)CCC2)CC1. The molecule has 0 atom stereocenters. The van der Waals surface area contributed by atoms with E-state index in [1.165, 1.54) is 32.4 Å². The van der Waals surface area contributed by atoms with Gasteiger partial charge in [-0.3, -0.25) is 0 Å². The van der Waals surface area contributed by atoms with Crippen LogP contribution in [0.1, 0.15) is 38.5 Å². The molecule has 0 amide bonds. The maximum absolute atomic E-state index is 10.0. The van der Waals surface area contributed by atoms with Gasteiger partial charge in [-0.25, -0.2) is 0 Å². The van der Waals surface area contributed by atoms with Crippen LogP contribution in [-0.4, -0.2) is 35.7 Å². The van der Waals surface area contributed by atoms with Crippen LogP contribution in [0.3, 0.4) is 0 Å². The van der Waals surface area contributed by atoms with E-state index in [1.807, 2.05) is 0 Å². The van der Waals surface area contributed by atoms with E-state index in [1.54, 1.807) is 0 Å². The molecule has 0 radical (unpaired) electrons. The lowest BCUT2D eigenvalue weighted by Gasteiger charge is -2.41. The van der Waals surface area contributed by atoms with Crippen molar-refractivity contribution >= 4 is 0 Å². The van der Waals surface area contributed by atoms with E-state index >= 15 is 0 Å². The number of piperidine rings is 1. The summed E-state index contributed by atoms with van der Waals surface area (Å²) in [6, 6.07) is 0. The minimum atomic E-state index is -0.249. The monoisotopic (exact) mass is 183 g/mol.